The van der Waals surface area contributed by atoms with Gasteiger partial charge in [-0.15, -0.1) is 0 Å². The number of rotatable bonds is 10. The van der Waals surface area contributed by atoms with E-state index in [1.807, 2.05) is 36.4 Å². The van der Waals surface area contributed by atoms with Crippen molar-refractivity contribution in [1.82, 2.24) is 15.2 Å². The van der Waals surface area contributed by atoms with Gasteiger partial charge in [0.25, 0.3) is 11.8 Å². The lowest BCUT2D eigenvalue weighted by Crippen LogP contribution is -2.54. The Kier molecular flexibility index (Phi) is 8.43. The molecule has 3 aliphatic rings. The quantitative estimate of drug-likeness (QED) is 0.157. The Morgan fingerprint density at radius 3 is 2.14 bits per heavy atom. The first-order chi connectivity index (χ1) is 24.0. The highest BCUT2D eigenvalue weighted by Crippen LogP contribution is 2.37. The molecule has 2 N–H and O–H groups in total. The average Bonchev–Trinajstić information content (AvgIpc) is 3.34. The molecule has 0 bridgehead atoms. The van der Waals surface area contributed by atoms with Gasteiger partial charge in [-0.3, -0.25) is 34.2 Å². The number of anilines is 1. The summed E-state index contributed by atoms with van der Waals surface area (Å²) in [6, 6.07) is 23.5. The van der Waals surface area contributed by atoms with E-state index in [0.717, 1.165) is 21.8 Å². The van der Waals surface area contributed by atoms with Crippen LogP contribution in [0, 0.1) is 0 Å². The van der Waals surface area contributed by atoms with Crippen LogP contribution in [-0.2, 0) is 15.0 Å². The zero-order valence-electron chi connectivity index (χ0n) is 27.9. The first kappa shape index (κ1) is 32.7. The predicted octanol–water partition coefficient (Wildman–Crippen LogP) is 5.83. The zero-order chi connectivity index (χ0) is 35.2. The molecule has 1 aromatic heterocycles. The molecule has 7 rings (SSSR count). The SMILES string of the molecule is CC(=O)c1ccc(Oc2ccc(C(C)(C)c3ccc(OC4CC(Nc5cccc6c5C(=O)N(C5CCC(=O)NC5=O)C6=O)C4)cc3)cc2)cn1. The van der Waals surface area contributed by atoms with E-state index in [1.54, 1.807) is 36.5 Å². The topological polar surface area (TPSA) is 144 Å². The number of carbonyl (C=O) groups excluding carboxylic acids is 5. The number of nitrogens with zero attached hydrogens (tertiary/aromatic N) is 2. The van der Waals surface area contributed by atoms with Gasteiger partial charge in [-0.2, -0.15) is 0 Å². The van der Waals surface area contributed by atoms with Gasteiger partial charge in [0.2, 0.25) is 11.8 Å². The summed E-state index contributed by atoms with van der Waals surface area (Å²) in [5.74, 6) is -0.197. The number of carbonyl (C=O) groups is 5. The van der Waals surface area contributed by atoms with Gasteiger partial charge in [0.15, 0.2) is 5.78 Å². The minimum atomic E-state index is -1.01. The van der Waals surface area contributed by atoms with Crippen molar-refractivity contribution in [3.05, 3.63) is 113 Å². The van der Waals surface area contributed by atoms with Crippen LogP contribution < -0.4 is 20.1 Å². The van der Waals surface area contributed by atoms with Gasteiger partial charge >= 0.3 is 0 Å². The number of ether oxygens (including phenoxy) is 2. The van der Waals surface area contributed by atoms with Crippen LogP contribution in [0.25, 0.3) is 0 Å². The molecular formula is C39H36N4O7. The van der Waals surface area contributed by atoms with Gasteiger partial charge in [0, 0.05) is 43.3 Å². The van der Waals surface area contributed by atoms with Crippen molar-refractivity contribution in [2.24, 2.45) is 0 Å². The van der Waals surface area contributed by atoms with Crippen LogP contribution in [0.3, 0.4) is 0 Å². The Labute approximate surface area is 289 Å². The number of nitrogens with one attached hydrogen (secondary N) is 2. The van der Waals surface area contributed by atoms with Gasteiger partial charge in [-0.1, -0.05) is 44.2 Å². The standard InChI is InChI=1S/C39H36N4O7/c1-22(44)31-16-15-28(21-40-31)49-26-11-7-23(8-12-26)39(2,3)24-9-13-27(14-10-24)50-29-19-25(20-29)41-32-6-4-5-30-35(32)38(48)43(37(30)47)33-17-18-34(45)42-36(33)46/h4-16,21,25,29,33,41H,17-20H2,1-3H3,(H,42,45,46). The summed E-state index contributed by atoms with van der Waals surface area (Å²) in [6.45, 7) is 5.80. The number of Topliss-reactive ketones (excluding diaryl/α,β-unsaturated/α-hetero) is 1. The van der Waals surface area contributed by atoms with Crippen molar-refractivity contribution >= 4 is 35.1 Å². The minimum absolute atomic E-state index is 0.0122. The number of imide groups is 2. The predicted molar refractivity (Wildman–Crippen MR) is 184 cm³/mol. The first-order valence-electron chi connectivity index (χ1n) is 16.6. The Bertz CT molecular complexity index is 2000. The van der Waals surface area contributed by atoms with Crippen LogP contribution in [0.15, 0.2) is 85.1 Å². The van der Waals surface area contributed by atoms with Crippen LogP contribution in [-0.4, -0.2) is 57.5 Å². The lowest BCUT2D eigenvalue weighted by Gasteiger charge is -2.37. The molecule has 1 aliphatic carbocycles. The van der Waals surface area contributed by atoms with Crippen molar-refractivity contribution in [3.63, 3.8) is 0 Å². The maximum absolute atomic E-state index is 13.4. The Morgan fingerprint density at radius 2 is 1.52 bits per heavy atom. The number of hydrogen-bond acceptors (Lipinski definition) is 9. The van der Waals surface area contributed by atoms with E-state index in [2.05, 4.69) is 41.6 Å². The molecule has 254 valence electrons. The minimum Gasteiger partial charge on any atom is -0.490 e. The largest absolute Gasteiger partial charge is 0.490 e. The van der Waals surface area contributed by atoms with Gasteiger partial charge in [0.1, 0.15) is 35.1 Å². The monoisotopic (exact) mass is 672 g/mol. The van der Waals surface area contributed by atoms with Crippen LogP contribution in [0.5, 0.6) is 17.2 Å². The lowest BCUT2D eigenvalue weighted by atomic mass is 9.78. The third-order valence-corrected chi connectivity index (χ3v) is 9.71. The first-order valence-corrected chi connectivity index (χ1v) is 16.6. The van der Waals surface area contributed by atoms with E-state index in [9.17, 15) is 24.0 Å². The molecule has 1 atom stereocenters. The van der Waals surface area contributed by atoms with E-state index in [0.29, 0.717) is 35.7 Å². The third-order valence-electron chi connectivity index (χ3n) is 9.71. The molecule has 0 spiro atoms. The number of amides is 4. The van der Waals surface area contributed by atoms with Crippen molar-refractivity contribution in [3.8, 4) is 17.2 Å². The molecule has 2 fully saturated rings. The molecule has 3 aromatic carbocycles. The summed E-state index contributed by atoms with van der Waals surface area (Å²) in [7, 11) is 0. The third kappa shape index (κ3) is 6.22. The molecule has 1 saturated carbocycles. The molecule has 4 amide bonds. The van der Waals surface area contributed by atoms with Gasteiger partial charge in [0.05, 0.1) is 17.3 Å². The average molecular weight is 673 g/mol. The van der Waals surface area contributed by atoms with E-state index in [-0.39, 0.29) is 47.3 Å². The maximum Gasteiger partial charge on any atom is 0.264 e. The number of fused-ring (bicyclic) bond motifs is 1. The van der Waals surface area contributed by atoms with Gasteiger partial charge in [-0.05, 0) is 66.1 Å². The van der Waals surface area contributed by atoms with E-state index >= 15 is 0 Å². The summed E-state index contributed by atoms with van der Waals surface area (Å²) in [5.41, 5.74) is 3.40. The maximum atomic E-state index is 13.4. The molecule has 50 heavy (non-hydrogen) atoms. The molecular weight excluding hydrogens is 636 g/mol. The fraction of sp³-hybridized carbons (Fsp3) is 0.282. The Balaban J connectivity index is 0.934. The van der Waals surface area contributed by atoms with Crippen LogP contribution in [0.4, 0.5) is 5.69 Å². The van der Waals surface area contributed by atoms with E-state index in [1.165, 1.54) is 6.92 Å². The summed E-state index contributed by atoms with van der Waals surface area (Å²) >= 11 is 0. The second kappa shape index (κ2) is 12.9. The highest BCUT2D eigenvalue weighted by Gasteiger charge is 2.46. The number of piperidine rings is 1. The second-order valence-corrected chi connectivity index (χ2v) is 13.4. The second-order valence-electron chi connectivity index (χ2n) is 13.4. The highest BCUT2D eigenvalue weighted by atomic mass is 16.5. The van der Waals surface area contributed by atoms with E-state index < -0.39 is 29.7 Å². The van der Waals surface area contributed by atoms with Crippen molar-refractivity contribution in [2.75, 3.05) is 5.32 Å². The van der Waals surface area contributed by atoms with Crippen molar-refractivity contribution in [1.29, 1.82) is 0 Å². The fourth-order valence-electron chi connectivity index (χ4n) is 6.67. The molecule has 11 nitrogen and oxygen atoms in total. The summed E-state index contributed by atoms with van der Waals surface area (Å²) in [5, 5.41) is 5.63. The molecule has 1 unspecified atom stereocenters. The molecule has 2 aliphatic heterocycles. The van der Waals surface area contributed by atoms with Crippen LogP contribution in [0.2, 0.25) is 0 Å². The smallest absolute Gasteiger partial charge is 0.264 e. The number of hydrogen-bond donors (Lipinski definition) is 2. The molecule has 11 heteroatoms. The van der Waals surface area contributed by atoms with E-state index in [4.69, 9.17) is 9.47 Å². The summed E-state index contributed by atoms with van der Waals surface area (Å²) in [6.07, 6.45) is 3.13. The zero-order valence-corrected chi connectivity index (χ0v) is 27.9. The summed E-state index contributed by atoms with van der Waals surface area (Å²) in [4.78, 5) is 67.2. The van der Waals surface area contributed by atoms with Crippen LogP contribution in [0.1, 0.15) is 88.8 Å². The van der Waals surface area contributed by atoms with Crippen molar-refractivity contribution in [2.45, 2.75) is 70.1 Å². The lowest BCUT2D eigenvalue weighted by molar-refractivity contribution is -0.136. The molecule has 0 radical (unpaired) electrons. The number of pyridine rings is 1. The van der Waals surface area contributed by atoms with Crippen molar-refractivity contribution < 1.29 is 33.4 Å². The fourth-order valence-corrected chi connectivity index (χ4v) is 6.67. The van der Waals surface area contributed by atoms with Gasteiger partial charge in [-0.25, -0.2) is 4.98 Å². The molecule has 1 saturated heterocycles. The summed E-state index contributed by atoms with van der Waals surface area (Å²) < 4.78 is 12.2. The molecule has 3 heterocycles. The van der Waals surface area contributed by atoms with Crippen LogP contribution >= 0.6 is 0 Å². The molecule has 4 aromatic rings. The Hall–Kier alpha value is -5.84. The highest BCUT2D eigenvalue weighted by molar-refractivity contribution is 6.25. The number of aromatic nitrogens is 1. The number of ketones is 1. The normalized spacial score (nSPS) is 20.1. The number of benzene rings is 3. The van der Waals surface area contributed by atoms with Gasteiger partial charge < -0.3 is 14.8 Å². The Morgan fingerprint density at radius 1 is 0.860 bits per heavy atom.